The number of hydrogen-bond acceptors (Lipinski definition) is 7. The predicted molar refractivity (Wildman–Crippen MR) is 170 cm³/mol. The number of carbonyl (C=O) groups is 1. The molecule has 42 heavy (non-hydrogen) atoms. The maximum absolute atomic E-state index is 12.3. The van der Waals surface area contributed by atoms with E-state index in [1.807, 2.05) is 44.3 Å². The average molecular weight is 578 g/mol. The molecule has 7 N–H and O–H groups in total. The SMILES string of the molecule is C=C(C)/C(N)=C/C(=C(N)N)c1cnn(C2CC[N+]3(CCC(c4cccc(N(C)C(C)C(=O)NC)c4OC)CC3)CC2)c1. The second-order valence-corrected chi connectivity index (χ2v) is 12.0. The molecule has 2 aliphatic heterocycles. The van der Waals surface area contributed by atoms with Gasteiger partial charge >= 0.3 is 0 Å². The molecule has 1 atom stereocenters. The Morgan fingerprint density at radius 1 is 1.19 bits per heavy atom. The first kappa shape index (κ1) is 31.0. The Balaban J connectivity index is 1.41. The molecule has 0 radical (unpaired) electrons. The van der Waals surface area contributed by atoms with Gasteiger partial charge in [-0.05, 0) is 43.0 Å². The molecule has 4 rings (SSSR count). The average Bonchev–Trinajstić information content (AvgIpc) is 3.48. The molecule has 2 aliphatic rings. The number of benzene rings is 1. The van der Waals surface area contributed by atoms with E-state index >= 15 is 0 Å². The normalized spacial score (nSPS) is 23.2. The van der Waals surface area contributed by atoms with Crippen molar-refractivity contribution in [2.75, 3.05) is 52.3 Å². The van der Waals surface area contributed by atoms with Crippen molar-refractivity contribution < 1.29 is 14.0 Å². The number of piperidine rings is 2. The van der Waals surface area contributed by atoms with Crippen LogP contribution in [0.15, 0.2) is 60.3 Å². The van der Waals surface area contributed by atoms with Gasteiger partial charge in [-0.25, -0.2) is 0 Å². The predicted octanol–water partition coefficient (Wildman–Crippen LogP) is 3.20. The Morgan fingerprint density at radius 3 is 2.40 bits per heavy atom. The Hall–Kier alpha value is -3.92. The minimum Gasteiger partial charge on any atom is -0.494 e. The number of methoxy groups -OCH3 is 1. The minimum atomic E-state index is -0.298. The molecule has 0 bridgehead atoms. The lowest BCUT2D eigenvalue weighted by Crippen LogP contribution is -2.56. The number of nitrogens with two attached hydrogens (primary N) is 3. The summed E-state index contributed by atoms with van der Waals surface area (Å²) in [5.74, 6) is 1.51. The van der Waals surface area contributed by atoms with E-state index in [4.69, 9.17) is 21.9 Å². The van der Waals surface area contributed by atoms with Gasteiger partial charge in [0.2, 0.25) is 5.91 Å². The van der Waals surface area contributed by atoms with Crippen LogP contribution in [0.5, 0.6) is 5.75 Å². The van der Waals surface area contributed by atoms with Gasteiger partial charge in [0, 0.05) is 62.8 Å². The topological polar surface area (TPSA) is 137 Å². The molecule has 228 valence electrons. The van der Waals surface area contributed by atoms with Crippen LogP contribution in [0.25, 0.3) is 5.57 Å². The highest BCUT2D eigenvalue weighted by Crippen LogP contribution is 2.42. The lowest BCUT2D eigenvalue weighted by atomic mass is 9.85. The quantitative estimate of drug-likeness (QED) is 0.265. The van der Waals surface area contributed by atoms with Crippen molar-refractivity contribution in [1.82, 2.24) is 15.1 Å². The van der Waals surface area contributed by atoms with Gasteiger partial charge in [-0.2, -0.15) is 5.10 Å². The molecule has 10 nitrogen and oxygen atoms in total. The second-order valence-electron chi connectivity index (χ2n) is 12.0. The van der Waals surface area contributed by atoms with Gasteiger partial charge in [0.15, 0.2) is 0 Å². The number of nitrogens with zero attached hydrogens (tertiary/aromatic N) is 4. The van der Waals surface area contributed by atoms with Gasteiger partial charge in [0.25, 0.3) is 0 Å². The van der Waals surface area contributed by atoms with Crippen LogP contribution in [-0.2, 0) is 4.79 Å². The summed E-state index contributed by atoms with van der Waals surface area (Å²) in [5, 5.41) is 7.43. The minimum absolute atomic E-state index is 0.0199. The number of hydrogen-bond donors (Lipinski definition) is 4. The first-order chi connectivity index (χ1) is 20.0. The highest BCUT2D eigenvalue weighted by atomic mass is 16.5. The lowest BCUT2D eigenvalue weighted by molar-refractivity contribution is -0.937. The van der Waals surface area contributed by atoms with E-state index in [9.17, 15) is 4.79 Å². The van der Waals surface area contributed by atoms with E-state index in [0.717, 1.165) is 78.9 Å². The molecule has 2 aromatic rings. The number of anilines is 1. The van der Waals surface area contributed by atoms with Crippen LogP contribution in [-0.4, -0.2) is 73.6 Å². The van der Waals surface area contributed by atoms with E-state index in [0.29, 0.717) is 23.2 Å². The zero-order chi connectivity index (χ0) is 30.6. The van der Waals surface area contributed by atoms with E-state index in [1.54, 1.807) is 20.2 Å². The standard InChI is InChI=1S/C32H48N8O2/c1-21(2)28(33)18-27(31(34)35)24-19-37-39(20-24)25-12-16-40(17-13-25)14-10-23(11-15-40)26-8-7-9-29(30(26)42-6)38(5)22(3)32(41)36-4/h7-9,18-20,22-23,25H,1,10-17,33-35H2,2-6H3/p+1/b28-18-. The Bertz CT molecular complexity index is 1340. The summed E-state index contributed by atoms with van der Waals surface area (Å²) < 4.78 is 9.19. The lowest BCUT2D eigenvalue weighted by Gasteiger charge is -2.47. The maximum atomic E-state index is 12.3. The van der Waals surface area contributed by atoms with E-state index in [-0.39, 0.29) is 17.8 Å². The number of quaternary nitrogens is 1. The third-order valence-corrected chi connectivity index (χ3v) is 9.42. The van der Waals surface area contributed by atoms with Crippen LogP contribution in [0.2, 0.25) is 0 Å². The summed E-state index contributed by atoms with van der Waals surface area (Å²) in [6, 6.07) is 6.37. The first-order valence-corrected chi connectivity index (χ1v) is 14.9. The van der Waals surface area contributed by atoms with Crippen molar-refractivity contribution in [2.24, 2.45) is 17.2 Å². The second kappa shape index (κ2) is 12.9. The zero-order valence-electron chi connectivity index (χ0n) is 25.9. The molecule has 3 heterocycles. The van der Waals surface area contributed by atoms with E-state index in [1.165, 1.54) is 5.56 Å². The van der Waals surface area contributed by atoms with Crippen molar-refractivity contribution in [1.29, 1.82) is 0 Å². The fraction of sp³-hybridized carbons (Fsp3) is 0.500. The zero-order valence-corrected chi connectivity index (χ0v) is 25.9. The highest BCUT2D eigenvalue weighted by Gasteiger charge is 2.39. The monoisotopic (exact) mass is 577 g/mol. The van der Waals surface area contributed by atoms with Crippen LogP contribution in [0.4, 0.5) is 5.69 Å². The van der Waals surface area contributed by atoms with Crippen molar-refractivity contribution in [3.05, 3.63) is 71.5 Å². The summed E-state index contributed by atoms with van der Waals surface area (Å²) in [5.41, 5.74) is 23.1. The number of para-hydroxylation sites is 1. The van der Waals surface area contributed by atoms with Gasteiger partial charge in [-0.15, -0.1) is 0 Å². The number of carbonyl (C=O) groups excluding carboxylic acids is 1. The molecule has 1 amide bonds. The van der Waals surface area contributed by atoms with E-state index in [2.05, 4.69) is 33.8 Å². The smallest absolute Gasteiger partial charge is 0.242 e. The fourth-order valence-corrected chi connectivity index (χ4v) is 6.49. The third kappa shape index (κ3) is 6.43. The van der Waals surface area contributed by atoms with Gasteiger partial charge in [-0.1, -0.05) is 18.7 Å². The molecule has 2 fully saturated rings. The van der Waals surface area contributed by atoms with Gasteiger partial charge in [0.05, 0.1) is 51.2 Å². The van der Waals surface area contributed by atoms with Crippen LogP contribution in [0.3, 0.4) is 0 Å². The van der Waals surface area contributed by atoms with Gasteiger partial charge in [-0.3, -0.25) is 9.48 Å². The number of nitrogens with one attached hydrogen (secondary N) is 1. The summed E-state index contributed by atoms with van der Waals surface area (Å²) in [4.78, 5) is 14.3. The van der Waals surface area contributed by atoms with E-state index < -0.39 is 0 Å². The molecule has 10 heteroatoms. The molecule has 2 saturated heterocycles. The number of allylic oxidation sites excluding steroid dienone is 3. The Morgan fingerprint density at radius 2 is 1.83 bits per heavy atom. The van der Waals surface area contributed by atoms with Crippen LogP contribution < -0.4 is 32.2 Å². The molecule has 1 aromatic carbocycles. The summed E-state index contributed by atoms with van der Waals surface area (Å²) in [6.07, 6.45) is 10.0. The van der Waals surface area contributed by atoms with Gasteiger partial charge in [0.1, 0.15) is 17.6 Å². The van der Waals surface area contributed by atoms with Crippen LogP contribution >= 0.6 is 0 Å². The molecular weight excluding hydrogens is 528 g/mol. The summed E-state index contributed by atoms with van der Waals surface area (Å²) >= 11 is 0. The van der Waals surface area contributed by atoms with Crippen molar-refractivity contribution >= 4 is 17.2 Å². The fourth-order valence-electron chi connectivity index (χ4n) is 6.49. The molecule has 0 aliphatic carbocycles. The summed E-state index contributed by atoms with van der Waals surface area (Å²) in [7, 11) is 5.35. The number of rotatable bonds is 9. The third-order valence-electron chi connectivity index (χ3n) is 9.42. The number of amides is 1. The number of aromatic nitrogens is 2. The largest absolute Gasteiger partial charge is 0.494 e. The Labute approximate surface area is 250 Å². The molecule has 1 spiro atoms. The molecular formula is C32H49N8O2+. The number of likely N-dealkylation sites (N-methyl/N-ethyl adjacent to an activating group) is 2. The molecule has 1 aromatic heterocycles. The maximum Gasteiger partial charge on any atom is 0.242 e. The molecule has 0 saturated carbocycles. The number of ether oxygens (including phenoxy) is 1. The Kier molecular flexibility index (Phi) is 9.56. The van der Waals surface area contributed by atoms with Gasteiger partial charge < -0.3 is 36.6 Å². The highest BCUT2D eigenvalue weighted by molar-refractivity contribution is 5.85. The van der Waals surface area contributed by atoms with Crippen molar-refractivity contribution in [2.45, 2.75) is 57.5 Å². The first-order valence-electron chi connectivity index (χ1n) is 14.9. The summed E-state index contributed by atoms with van der Waals surface area (Å²) in [6.45, 7) is 12.2. The van der Waals surface area contributed by atoms with Crippen LogP contribution in [0.1, 0.15) is 62.6 Å². The van der Waals surface area contributed by atoms with Crippen molar-refractivity contribution in [3.63, 3.8) is 0 Å². The van der Waals surface area contributed by atoms with Crippen molar-refractivity contribution in [3.8, 4) is 5.75 Å². The van der Waals surface area contributed by atoms with Crippen LogP contribution in [0, 0.1) is 0 Å². The molecule has 1 unspecified atom stereocenters.